The lowest BCUT2D eigenvalue weighted by Crippen LogP contribution is -2.38. The molecule has 0 bridgehead atoms. The second-order valence-corrected chi connectivity index (χ2v) is 29.0. The molecule has 1 aliphatic heterocycles. The average Bonchev–Trinajstić information content (AvgIpc) is 4.20. The van der Waals surface area contributed by atoms with Gasteiger partial charge in [0.25, 0.3) is 0 Å². The topological polar surface area (TPSA) is 30.1 Å². The summed E-state index contributed by atoms with van der Waals surface area (Å²) in [5, 5.41) is 12.0. The zero-order chi connectivity index (χ0) is 52.5. The van der Waals surface area contributed by atoms with Crippen molar-refractivity contribution in [3.8, 4) is 27.9 Å². The number of benzene rings is 8. The number of hydrogen-bond donors (Lipinski definition) is 1. The maximum absolute atomic E-state index is 6.78. The van der Waals surface area contributed by atoms with Gasteiger partial charge in [-0.25, -0.2) is 0 Å². The monoisotopic (exact) mass is 1010 g/mol. The van der Waals surface area contributed by atoms with Gasteiger partial charge in [-0.05, 0) is 168 Å². The summed E-state index contributed by atoms with van der Waals surface area (Å²) in [5.74, 6) is 0. The summed E-state index contributed by atoms with van der Waals surface area (Å²) in [6, 6.07) is 47.7. The maximum atomic E-state index is 6.78. The number of anilines is 2. The zero-order valence-corrected chi connectivity index (χ0v) is 47.7. The van der Waals surface area contributed by atoms with E-state index >= 15 is 0 Å². The van der Waals surface area contributed by atoms with Gasteiger partial charge in [-0.2, -0.15) is 0 Å². The van der Waals surface area contributed by atoms with Crippen LogP contribution in [-0.2, 0) is 32.5 Å². The van der Waals surface area contributed by atoms with Gasteiger partial charge in [0.1, 0.15) is 11.2 Å². The average molecular weight is 1010 g/mol. The lowest BCUT2D eigenvalue weighted by Gasteiger charge is -2.42. The molecule has 15 rings (SSSR count). The first-order chi connectivity index (χ1) is 36.0. The van der Waals surface area contributed by atoms with Crippen LogP contribution >= 0.6 is 11.3 Å². The Morgan fingerprint density at radius 2 is 1.14 bits per heavy atom. The molecule has 0 spiro atoms. The van der Waals surface area contributed by atoms with Crippen LogP contribution in [0.5, 0.6) is 0 Å². The molecular weight excluding hydrogens is 940 g/mol. The van der Waals surface area contributed by atoms with Crippen molar-refractivity contribution in [2.45, 2.75) is 148 Å². The molecule has 3 nitrogen and oxygen atoms in total. The van der Waals surface area contributed by atoms with Gasteiger partial charge in [0.2, 0.25) is 0 Å². The number of hydrogen-bond acceptors (Lipinski definition) is 3. The Morgan fingerprint density at radius 3 is 1.84 bits per heavy atom. The van der Waals surface area contributed by atoms with Crippen LogP contribution in [0.4, 0.5) is 11.4 Å². The van der Waals surface area contributed by atoms with E-state index in [1.165, 1.54) is 150 Å². The predicted octanol–water partition coefficient (Wildman–Crippen LogP) is 18.5. The predicted molar refractivity (Wildman–Crippen MR) is 329 cm³/mol. The molecule has 3 aromatic heterocycles. The van der Waals surface area contributed by atoms with Gasteiger partial charge in [-0.15, -0.1) is 11.3 Å². The number of nitrogens with zero attached hydrogens (tertiary/aromatic N) is 1. The minimum Gasteiger partial charge on any atom is -0.456 e. The molecule has 4 aliphatic rings. The fourth-order valence-corrected chi connectivity index (χ4v) is 16.3. The minimum atomic E-state index is -0.308. The van der Waals surface area contributed by atoms with Crippen molar-refractivity contribution in [1.29, 1.82) is 0 Å². The van der Waals surface area contributed by atoms with Gasteiger partial charge >= 0.3 is 0 Å². The molecule has 0 saturated carbocycles. The smallest absolute Gasteiger partial charge is 0.198 e. The first-order valence-electron chi connectivity index (χ1n) is 28.2. The third-order valence-electron chi connectivity index (χ3n) is 19.8. The molecule has 1 N–H and O–H groups in total. The minimum absolute atomic E-state index is 0.0383. The molecule has 378 valence electrons. The molecule has 8 aromatic carbocycles. The fraction of sp³-hybridized carbons (Fsp3) is 0.324. The van der Waals surface area contributed by atoms with E-state index < -0.39 is 0 Å². The second-order valence-electron chi connectivity index (χ2n) is 27.9. The number of rotatable bonds is 3. The van der Waals surface area contributed by atoms with Crippen molar-refractivity contribution in [2.24, 2.45) is 0 Å². The lowest BCUT2D eigenvalue weighted by molar-refractivity contribution is 0.332. The van der Waals surface area contributed by atoms with Crippen LogP contribution in [0.2, 0.25) is 0 Å². The molecular formula is C71H69BN2OS. The molecule has 0 radical (unpaired) electrons. The first kappa shape index (κ1) is 46.7. The SMILES string of the molecule is CC(C)(C)c1ccc(Nc2cc3c(cc2-c2c4c(c5c6cc7c(cc6n6c5c2Bc2cc5c(cc2-6)oc2ccccc25)C(C)(C)CCC7(C)C)-c2ccccc2C4(C)C)sc2cc4c(cc23)C(C)(C)CCC4(C)C)cc1. The first-order valence-corrected chi connectivity index (χ1v) is 29.0. The lowest BCUT2D eigenvalue weighted by atomic mass is 9.57. The van der Waals surface area contributed by atoms with E-state index in [0.717, 1.165) is 36.2 Å². The van der Waals surface area contributed by atoms with Crippen molar-refractivity contribution in [2.75, 3.05) is 5.32 Å². The molecule has 4 heterocycles. The number of nitrogens with one attached hydrogen (secondary N) is 1. The number of fused-ring (bicyclic) bond motifs is 17. The van der Waals surface area contributed by atoms with Gasteiger partial charge in [-0.3, -0.25) is 0 Å². The molecule has 0 amide bonds. The largest absolute Gasteiger partial charge is 0.456 e. The van der Waals surface area contributed by atoms with Crippen molar-refractivity contribution in [3.05, 3.63) is 160 Å². The van der Waals surface area contributed by atoms with Gasteiger partial charge in [0.05, 0.1) is 5.52 Å². The highest BCUT2D eigenvalue weighted by Crippen LogP contribution is 2.59. The summed E-state index contributed by atoms with van der Waals surface area (Å²) < 4.78 is 12.2. The molecule has 0 fully saturated rings. The van der Waals surface area contributed by atoms with E-state index in [4.69, 9.17) is 4.42 Å². The highest BCUT2D eigenvalue weighted by atomic mass is 32.1. The quantitative estimate of drug-likeness (QED) is 0.179. The summed E-state index contributed by atoms with van der Waals surface area (Å²) in [5.41, 5.74) is 26.4. The molecule has 0 atom stereocenters. The number of thiophene rings is 1. The van der Waals surface area contributed by atoms with Crippen molar-refractivity contribution < 1.29 is 4.42 Å². The summed E-state index contributed by atoms with van der Waals surface area (Å²) >= 11 is 1.98. The normalized spacial score (nSPS) is 18.2. The van der Waals surface area contributed by atoms with Gasteiger partial charge in [0.15, 0.2) is 7.28 Å². The van der Waals surface area contributed by atoms with Crippen molar-refractivity contribution >= 4 is 105 Å². The van der Waals surface area contributed by atoms with E-state index in [-0.39, 0.29) is 32.5 Å². The zero-order valence-electron chi connectivity index (χ0n) is 46.8. The van der Waals surface area contributed by atoms with Crippen LogP contribution in [0.3, 0.4) is 0 Å². The molecule has 5 heteroatoms. The Balaban J connectivity index is 1.12. The summed E-state index contributed by atoms with van der Waals surface area (Å²) in [6.07, 6.45) is 4.72. The van der Waals surface area contributed by atoms with E-state index in [9.17, 15) is 0 Å². The second kappa shape index (κ2) is 14.9. The third-order valence-corrected chi connectivity index (χ3v) is 21.0. The van der Waals surface area contributed by atoms with E-state index in [2.05, 4.69) is 221 Å². The summed E-state index contributed by atoms with van der Waals surface area (Å²) in [7, 11) is 0.796. The number of furan rings is 1. The Morgan fingerprint density at radius 1 is 0.539 bits per heavy atom. The van der Waals surface area contributed by atoms with Crippen LogP contribution in [0.15, 0.2) is 126 Å². The maximum Gasteiger partial charge on any atom is 0.198 e. The van der Waals surface area contributed by atoms with Crippen LogP contribution in [0.1, 0.15) is 155 Å². The molecule has 0 unspecified atom stereocenters. The summed E-state index contributed by atoms with van der Waals surface area (Å²) in [6.45, 7) is 31.7. The Kier molecular flexibility index (Phi) is 9.17. The Hall–Kier alpha value is -6.56. The third kappa shape index (κ3) is 6.30. The van der Waals surface area contributed by atoms with Crippen LogP contribution in [-0.4, -0.2) is 11.8 Å². The van der Waals surface area contributed by atoms with Gasteiger partial charge in [-0.1, -0.05) is 156 Å². The standard InChI is InChI=1S/C71H69BN2OS/c1-66(2,3)38-22-24-39(25-23-38)73-53-33-44-43-30-48-51(70(10,11)29-27-67(48,4)5)36-59(43)76-58(44)34-45(53)62-63-60(41-19-14-16-20-47(41)71(63,12)13)61-46-31-49-50(69(8,9)28-26-68(49,6)7)35-54(46)74-55-37-57-42(32-52(55)72-64(62)65(61)74)40-18-15-17-21-56(40)75-57/h14-25,30-37,72-73H,26-29H2,1-13H3. The van der Waals surface area contributed by atoms with E-state index in [1.54, 1.807) is 0 Å². The molecule has 11 aromatic rings. The molecule has 3 aliphatic carbocycles. The number of aromatic nitrogens is 1. The van der Waals surface area contributed by atoms with Gasteiger partial charge < -0.3 is 14.3 Å². The van der Waals surface area contributed by atoms with Crippen LogP contribution in [0.25, 0.3) is 91.9 Å². The number of para-hydroxylation sites is 1. The van der Waals surface area contributed by atoms with E-state index in [1.807, 2.05) is 11.3 Å². The van der Waals surface area contributed by atoms with Crippen LogP contribution < -0.4 is 16.2 Å². The Labute approximate surface area is 453 Å². The summed E-state index contributed by atoms with van der Waals surface area (Å²) in [4.78, 5) is 0. The fourth-order valence-electron chi connectivity index (χ4n) is 15.1. The van der Waals surface area contributed by atoms with Crippen molar-refractivity contribution in [3.63, 3.8) is 0 Å². The van der Waals surface area contributed by atoms with E-state index in [0.29, 0.717) is 0 Å². The Bertz CT molecular complexity index is 4400. The molecule has 76 heavy (non-hydrogen) atoms. The van der Waals surface area contributed by atoms with Gasteiger partial charge in [0, 0.05) is 81.3 Å². The van der Waals surface area contributed by atoms with Crippen molar-refractivity contribution in [1.82, 2.24) is 4.57 Å². The highest BCUT2D eigenvalue weighted by Gasteiger charge is 2.45. The van der Waals surface area contributed by atoms with Crippen LogP contribution in [0, 0.1) is 0 Å². The highest BCUT2D eigenvalue weighted by molar-refractivity contribution is 7.25. The molecule has 0 saturated heterocycles.